The van der Waals surface area contributed by atoms with Crippen molar-refractivity contribution >= 4 is 46.7 Å². The summed E-state index contributed by atoms with van der Waals surface area (Å²) in [5, 5.41) is 0. The Balaban J connectivity index is 3.58. The van der Waals surface area contributed by atoms with E-state index in [1.165, 1.54) is 84.0 Å². The van der Waals surface area contributed by atoms with Crippen LogP contribution in [-0.4, -0.2) is 41.7 Å². The number of alkyl halides is 3. The Morgan fingerprint density at radius 1 is 0.742 bits per heavy atom. The number of hydrogen-bond donors (Lipinski definition) is 0. The third-order valence-electron chi connectivity index (χ3n) is 4.91. The lowest BCUT2D eigenvalue weighted by Crippen LogP contribution is -2.32. The van der Waals surface area contributed by atoms with E-state index in [-0.39, 0.29) is 13.2 Å². The molecule has 0 fully saturated rings. The van der Waals surface area contributed by atoms with E-state index in [2.05, 4.69) is 6.92 Å². The minimum absolute atomic E-state index is 0.130. The van der Waals surface area contributed by atoms with Crippen LogP contribution in [0.2, 0.25) is 0 Å². The second-order valence-electron chi connectivity index (χ2n) is 8.00. The molecule has 1 unspecified atom stereocenters. The van der Waals surface area contributed by atoms with Gasteiger partial charge in [0.15, 0.2) is 6.10 Å². The van der Waals surface area contributed by atoms with Crippen molar-refractivity contribution in [1.82, 2.24) is 0 Å². The smallest absolute Gasteiger partial charge is 0.358 e. The molecule has 8 heteroatoms. The number of halogens is 3. The first-order valence-electron chi connectivity index (χ1n) is 11.8. The fourth-order valence-electron chi connectivity index (χ4n) is 3.21. The van der Waals surface area contributed by atoms with Gasteiger partial charge in [-0.15, -0.1) is 0 Å². The summed E-state index contributed by atoms with van der Waals surface area (Å²) in [6.45, 7) is 4.01. The molecule has 0 saturated heterocycles. The minimum atomic E-state index is -2.16. The van der Waals surface area contributed by atoms with Crippen LogP contribution < -0.4 is 0 Å². The van der Waals surface area contributed by atoms with Gasteiger partial charge in [0.1, 0.15) is 6.61 Å². The zero-order valence-electron chi connectivity index (χ0n) is 19.3. The van der Waals surface area contributed by atoms with Crippen LogP contribution in [0.4, 0.5) is 0 Å². The van der Waals surface area contributed by atoms with Crippen molar-refractivity contribution in [1.29, 1.82) is 0 Å². The Kier molecular flexibility index (Phi) is 20.2. The summed E-state index contributed by atoms with van der Waals surface area (Å²) in [4.78, 5) is 22.7. The molecule has 0 rings (SSSR count). The van der Waals surface area contributed by atoms with Gasteiger partial charge >= 0.3 is 11.9 Å². The number of esters is 2. The van der Waals surface area contributed by atoms with Crippen LogP contribution in [0.25, 0.3) is 0 Å². The van der Waals surface area contributed by atoms with Crippen molar-refractivity contribution < 1.29 is 23.8 Å². The maximum atomic E-state index is 11.5. The molecule has 0 N–H and O–H groups in total. The fourth-order valence-corrected chi connectivity index (χ4v) is 3.38. The van der Waals surface area contributed by atoms with Crippen molar-refractivity contribution in [2.24, 2.45) is 0 Å². The fraction of sp³-hybridized carbons (Fsp3) is 0.913. The van der Waals surface area contributed by atoms with Crippen LogP contribution >= 0.6 is 34.8 Å². The largest absolute Gasteiger partial charge is 0.458 e. The van der Waals surface area contributed by atoms with Gasteiger partial charge in [0.2, 0.25) is 0 Å². The van der Waals surface area contributed by atoms with Gasteiger partial charge in [0.25, 0.3) is 3.79 Å². The summed E-state index contributed by atoms with van der Waals surface area (Å²) in [5.74, 6) is -1.50. The summed E-state index contributed by atoms with van der Waals surface area (Å²) in [5.41, 5.74) is 0. The highest BCUT2D eigenvalue weighted by molar-refractivity contribution is 6.75. The molecule has 0 aromatic rings. The molecule has 0 amide bonds. The molecule has 0 bridgehead atoms. The molecule has 0 aromatic carbocycles. The molecule has 31 heavy (non-hydrogen) atoms. The predicted molar refractivity (Wildman–Crippen MR) is 128 cm³/mol. The van der Waals surface area contributed by atoms with Crippen molar-refractivity contribution in [3.8, 4) is 0 Å². The Bertz CT molecular complexity index is 455. The van der Waals surface area contributed by atoms with Crippen LogP contribution in [0.1, 0.15) is 104 Å². The summed E-state index contributed by atoms with van der Waals surface area (Å²) in [6.07, 6.45) is 17.5. The van der Waals surface area contributed by atoms with Gasteiger partial charge in [-0.1, -0.05) is 125 Å². The van der Waals surface area contributed by atoms with Crippen LogP contribution in [0, 0.1) is 0 Å². The summed E-state index contributed by atoms with van der Waals surface area (Å²) >= 11 is 16.3. The second-order valence-corrected chi connectivity index (χ2v) is 10.3. The topological polar surface area (TPSA) is 61.8 Å². The van der Waals surface area contributed by atoms with E-state index >= 15 is 0 Å². The minimum Gasteiger partial charge on any atom is -0.458 e. The predicted octanol–water partition coefficient (Wildman–Crippen LogP) is 7.33. The molecule has 0 aromatic heterocycles. The highest BCUT2D eigenvalue weighted by Crippen LogP contribution is 2.27. The molecule has 0 heterocycles. The maximum absolute atomic E-state index is 11.5. The first-order chi connectivity index (χ1) is 14.8. The molecule has 0 aliphatic heterocycles. The van der Waals surface area contributed by atoms with Crippen molar-refractivity contribution in [2.45, 2.75) is 114 Å². The van der Waals surface area contributed by atoms with Gasteiger partial charge in [-0.3, -0.25) is 4.79 Å². The molecule has 0 radical (unpaired) electrons. The van der Waals surface area contributed by atoms with Gasteiger partial charge < -0.3 is 14.2 Å². The molecule has 184 valence electrons. The second kappa shape index (κ2) is 20.4. The zero-order chi connectivity index (χ0) is 23.4. The number of carbonyl (C=O) groups excluding carboxylic acids is 2. The molecular formula is C23H41Cl3O5. The average Bonchev–Trinajstić information content (AvgIpc) is 2.70. The number of hydrogen-bond acceptors (Lipinski definition) is 5. The first kappa shape index (κ1) is 30.8. The lowest BCUT2D eigenvalue weighted by Gasteiger charge is -2.18. The van der Waals surface area contributed by atoms with Crippen molar-refractivity contribution in [2.75, 3.05) is 19.8 Å². The van der Waals surface area contributed by atoms with Gasteiger partial charge in [-0.2, -0.15) is 0 Å². The van der Waals surface area contributed by atoms with Crippen LogP contribution in [-0.2, 0) is 23.8 Å². The lowest BCUT2D eigenvalue weighted by atomic mass is 10.0. The third-order valence-corrected chi connectivity index (χ3v) is 5.37. The highest BCUT2D eigenvalue weighted by Gasteiger charge is 2.33. The van der Waals surface area contributed by atoms with Crippen LogP contribution in [0.15, 0.2) is 0 Å². The summed E-state index contributed by atoms with van der Waals surface area (Å²) in [6, 6.07) is 0. The Morgan fingerprint density at radius 3 is 1.61 bits per heavy atom. The zero-order valence-corrected chi connectivity index (χ0v) is 21.5. The molecule has 0 spiro atoms. The first-order valence-corrected chi connectivity index (χ1v) is 12.9. The van der Waals surface area contributed by atoms with E-state index in [1.54, 1.807) is 0 Å². The third kappa shape index (κ3) is 21.4. The molecule has 1 atom stereocenters. The molecular weight excluding hydrogens is 463 g/mol. The molecule has 5 nitrogen and oxygen atoms in total. The van der Waals surface area contributed by atoms with Crippen LogP contribution in [0.5, 0.6) is 0 Å². The Labute approximate surface area is 203 Å². The lowest BCUT2D eigenvalue weighted by molar-refractivity contribution is -0.160. The number of unbranched alkanes of at least 4 members (excludes halogenated alkanes) is 13. The van der Waals surface area contributed by atoms with E-state index in [1.807, 2.05) is 0 Å². The monoisotopic (exact) mass is 502 g/mol. The summed E-state index contributed by atoms with van der Waals surface area (Å²) in [7, 11) is 0. The maximum Gasteiger partial charge on any atom is 0.358 e. The van der Waals surface area contributed by atoms with Crippen molar-refractivity contribution in [3.05, 3.63) is 0 Å². The molecule has 0 saturated carbocycles. The van der Waals surface area contributed by atoms with E-state index in [4.69, 9.17) is 49.0 Å². The van der Waals surface area contributed by atoms with Gasteiger partial charge in [0.05, 0.1) is 6.61 Å². The molecule has 0 aliphatic rings. The average molecular weight is 504 g/mol. The van der Waals surface area contributed by atoms with Crippen LogP contribution in [0.3, 0.4) is 0 Å². The highest BCUT2D eigenvalue weighted by atomic mass is 35.6. The molecule has 0 aliphatic carbocycles. The van der Waals surface area contributed by atoms with E-state index in [0.717, 1.165) is 12.8 Å². The van der Waals surface area contributed by atoms with Gasteiger partial charge in [-0.25, -0.2) is 4.79 Å². The normalized spacial score (nSPS) is 12.5. The Hall–Kier alpha value is -0.230. The Morgan fingerprint density at radius 2 is 1.19 bits per heavy atom. The van der Waals surface area contributed by atoms with Gasteiger partial charge in [-0.05, 0) is 6.42 Å². The SMILES string of the molecule is CCCCCCCCCCCCCCCCOCC(COC(=O)C(Cl)(Cl)Cl)OC(C)=O. The van der Waals surface area contributed by atoms with Crippen molar-refractivity contribution in [3.63, 3.8) is 0 Å². The standard InChI is InChI=1S/C23H41Cl3O5/c1-3-4-5-6-7-8-9-10-11-12-13-14-15-16-17-29-18-21(31-20(2)27)19-30-22(28)23(24,25)26/h21H,3-19H2,1-2H3. The number of ether oxygens (including phenoxy) is 3. The van der Waals surface area contributed by atoms with Gasteiger partial charge in [0, 0.05) is 13.5 Å². The number of rotatable bonds is 20. The van der Waals surface area contributed by atoms with E-state index in [0.29, 0.717) is 6.61 Å². The van der Waals surface area contributed by atoms with E-state index < -0.39 is 21.8 Å². The summed E-state index contributed by atoms with van der Waals surface area (Å²) < 4.78 is 13.3. The van der Waals surface area contributed by atoms with E-state index in [9.17, 15) is 9.59 Å². The number of carbonyl (C=O) groups is 2. The quantitative estimate of drug-likeness (QED) is 0.0988.